The van der Waals surface area contributed by atoms with Crippen molar-refractivity contribution in [3.05, 3.63) is 69.7 Å². The Morgan fingerprint density at radius 2 is 1.89 bits per heavy atom. The summed E-state index contributed by atoms with van der Waals surface area (Å²) in [4.78, 5) is 4.47. The van der Waals surface area contributed by atoms with Crippen LogP contribution < -0.4 is 10.6 Å². The van der Waals surface area contributed by atoms with Crippen molar-refractivity contribution in [1.29, 1.82) is 0 Å². The van der Waals surface area contributed by atoms with E-state index in [4.69, 9.17) is 11.6 Å². The van der Waals surface area contributed by atoms with Gasteiger partial charge in [-0.1, -0.05) is 41.9 Å². The van der Waals surface area contributed by atoms with Crippen LogP contribution in [-0.2, 0) is 0 Å². The van der Waals surface area contributed by atoms with Crippen LogP contribution in [0.5, 0.6) is 0 Å². The van der Waals surface area contributed by atoms with Crippen LogP contribution in [0.15, 0.2) is 53.5 Å². The molecule has 1 N–H and O–H groups in total. The third-order valence-corrected chi connectivity index (χ3v) is 3.35. The number of halogens is 1. The fourth-order valence-electron chi connectivity index (χ4n) is 2.25. The third kappa shape index (κ3) is 2.35. The molecule has 19 heavy (non-hydrogen) atoms. The highest BCUT2D eigenvalue weighted by Crippen LogP contribution is 2.15. The summed E-state index contributed by atoms with van der Waals surface area (Å²) in [6.45, 7) is 1.03. The van der Waals surface area contributed by atoms with E-state index in [2.05, 4.69) is 4.99 Å². The Kier molecular flexibility index (Phi) is 3.23. The second-order valence-corrected chi connectivity index (χ2v) is 4.82. The van der Waals surface area contributed by atoms with Crippen LogP contribution in [-0.4, -0.2) is 23.4 Å². The summed E-state index contributed by atoms with van der Waals surface area (Å²) < 4.78 is 0. The fraction of sp³-hybridized carbons (Fsp3) is 0.133. The van der Waals surface area contributed by atoms with Crippen LogP contribution in [0, 0.1) is 0 Å². The Morgan fingerprint density at radius 1 is 1.11 bits per heavy atom. The van der Waals surface area contributed by atoms with E-state index in [9.17, 15) is 5.21 Å². The van der Waals surface area contributed by atoms with Gasteiger partial charge in [0.2, 0.25) is 0 Å². The summed E-state index contributed by atoms with van der Waals surface area (Å²) in [7, 11) is 0. The third-order valence-electron chi connectivity index (χ3n) is 3.11. The lowest BCUT2D eigenvalue weighted by Gasteiger charge is -2.18. The molecule has 2 aromatic carbocycles. The topological polar surface area (TPSA) is 35.8 Å². The molecule has 2 aromatic rings. The van der Waals surface area contributed by atoms with Gasteiger partial charge >= 0.3 is 0 Å². The number of benzene rings is 2. The van der Waals surface area contributed by atoms with Crippen LogP contribution >= 0.6 is 11.6 Å². The summed E-state index contributed by atoms with van der Waals surface area (Å²) in [6.07, 6.45) is 0. The van der Waals surface area contributed by atoms with Gasteiger partial charge < -0.3 is 0 Å². The summed E-state index contributed by atoms with van der Waals surface area (Å²) in [5.41, 5.74) is 1.70. The van der Waals surface area contributed by atoms with Gasteiger partial charge in [0.1, 0.15) is 0 Å². The van der Waals surface area contributed by atoms with Crippen molar-refractivity contribution in [2.45, 2.75) is 0 Å². The standard InChI is InChI=1S/C15H13ClN2O/c16-12-6-7-14-13(10-12)15(18(19)9-8-17-14)11-4-2-1-3-5-11/h1-7,10,19H,8-9H2. The van der Waals surface area contributed by atoms with Crippen molar-refractivity contribution < 1.29 is 5.21 Å². The monoisotopic (exact) mass is 272 g/mol. The summed E-state index contributed by atoms with van der Waals surface area (Å²) in [5.74, 6) is 0. The summed E-state index contributed by atoms with van der Waals surface area (Å²) >= 11 is 6.08. The second-order valence-electron chi connectivity index (χ2n) is 4.38. The molecule has 0 saturated carbocycles. The molecule has 0 aromatic heterocycles. The van der Waals surface area contributed by atoms with Gasteiger partial charge in [-0.05, 0) is 18.2 Å². The first-order chi connectivity index (χ1) is 9.25. The molecule has 0 aliphatic carbocycles. The van der Waals surface area contributed by atoms with E-state index >= 15 is 0 Å². The normalized spacial score (nSPS) is 14.6. The zero-order valence-corrected chi connectivity index (χ0v) is 11.0. The van der Waals surface area contributed by atoms with Gasteiger partial charge in [0.15, 0.2) is 0 Å². The van der Waals surface area contributed by atoms with Gasteiger partial charge in [0, 0.05) is 15.8 Å². The molecule has 0 bridgehead atoms. The Balaban J connectivity index is 2.40. The molecule has 0 spiro atoms. The van der Waals surface area contributed by atoms with Gasteiger partial charge in [-0.25, -0.2) is 0 Å². The molecule has 4 heteroatoms. The van der Waals surface area contributed by atoms with Gasteiger partial charge in [-0.3, -0.25) is 15.3 Å². The number of hydrogen-bond acceptors (Lipinski definition) is 3. The maximum absolute atomic E-state index is 10.2. The first-order valence-electron chi connectivity index (χ1n) is 6.12. The molecule has 0 saturated heterocycles. The molecular formula is C15H13ClN2O. The van der Waals surface area contributed by atoms with Crippen molar-refractivity contribution in [3.63, 3.8) is 0 Å². The van der Waals surface area contributed by atoms with Crippen molar-refractivity contribution in [2.75, 3.05) is 13.1 Å². The minimum absolute atomic E-state index is 0.469. The van der Waals surface area contributed by atoms with Crippen molar-refractivity contribution in [3.8, 4) is 0 Å². The first kappa shape index (κ1) is 12.2. The number of fused-ring (bicyclic) bond motifs is 1. The average molecular weight is 273 g/mol. The number of nitrogens with zero attached hydrogens (tertiary/aromatic N) is 2. The lowest BCUT2D eigenvalue weighted by molar-refractivity contribution is -0.0240. The molecule has 1 aliphatic rings. The molecule has 3 nitrogen and oxygen atoms in total. The largest absolute Gasteiger partial charge is 0.288 e. The molecule has 96 valence electrons. The van der Waals surface area contributed by atoms with E-state index in [0.29, 0.717) is 18.1 Å². The summed E-state index contributed by atoms with van der Waals surface area (Å²) in [5, 5.41) is 13.8. The minimum Gasteiger partial charge on any atom is -0.288 e. The zero-order valence-electron chi connectivity index (χ0n) is 10.3. The van der Waals surface area contributed by atoms with E-state index in [1.807, 2.05) is 48.5 Å². The Bertz CT molecular complexity index is 713. The van der Waals surface area contributed by atoms with Crippen molar-refractivity contribution in [1.82, 2.24) is 5.06 Å². The molecule has 0 fully saturated rings. The molecule has 0 unspecified atom stereocenters. The van der Waals surface area contributed by atoms with Gasteiger partial charge in [0.05, 0.1) is 24.1 Å². The Hall–Kier alpha value is -1.84. The number of hydrogen-bond donors (Lipinski definition) is 1. The molecule has 3 rings (SSSR count). The molecule has 1 heterocycles. The molecule has 1 aliphatic heterocycles. The zero-order chi connectivity index (χ0) is 13.2. The van der Waals surface area contributed by atoms with E-state index in [1.165, 1.54) is 5.06 Å². The average Bonchev–Trinajstić information content (AvgIpc) is 2.58. The lowest BCUT2D eigenvalue weighted by atomic mass is 10.1. The fourth-order valence-corrected chi connectivity index (χ4v) is 2.42. The SMILES string of the molecule is ON1CCN=c2ccc(Cl)cc2=C1c1ccccc1. The Labute approximate surface area is 116 Å². The van der Waals surface area contributed by atoms with Crippen LogP contribution in [0.4, 0.5) is 0 Å². The summed E-state index contributed by atoms with van der Waals surface area (Å²) in [6, 6.07) is 15.3. The molecule has 0 radical (unpaired) electrons. The maximum atomic E-state index is 10.2. The van der Waals surface area contributed by atoms with E-state index in [1.54, 1.807) is 0 Å². The highest BCUT2D eigenvalue weighted by Gasteiger charge is 2.13. The quantitative estimate of drug-likeness (QED) is 0.860. The van der Waals surface area contributed by atoms with Gasteiger partial charge in [-0.15, -0.1) is 0 Å². The highest BCUT2D eigenvalue weighted by molar-refractivity contribution is 6.30. The highest BCUT2D eigenvalue weighted by atomic mass is 35.5. The second kappa shape index (κ2) is 5.03. The van der Waals surface area contributed by atoms with E-state index in [-0.39, 0.29) is 0 Å². The van der Waals surface area contributed by atoms with Crippen LogP contribution in [0.2, 0.25) is 5.02 Å². The number of hydroxylamine groups is 2. The molecule has 0 atom stereocenters. The number of rotatable bonds is 1. The van der Waals surface area contributed by atoms with Crippen molar-refractivity contribution in [2.24, 2.45) is 4.99 Å². The van der Waals surface area contributed by atoms with E-state index < -0.39 is 0 Å². The molecular weight excluding hydrogens is 260 g/mol. The minimum atomic E-state index is 0.469. The van der Waals surface area contributed by atoms with Crippen LogP contribution in [0.3, 0.4) is 0 Å². The Morgan fingerprint density at radius 3 is 2.68 bits per heavy atom. The lowest BCUT2D eigenvalue weighted by Crippen LogP contribution is -2.31. The predicted octanol–water partition coefficient (Wildman–Crippen LogP) is 1.82. The maximum Gasteiger partial charge on any atom is 0.0801 e. The van der Waals surface area contributed by atoms with Crippen LogP contribution in [0.25, 0.3) is 5.70 Å². The van der Waals surface area contributed by atoms with E-state index in [0.717, 1.165) is 21.8 Å². The first-order valence-corrected chi connectivity index (χ1v) is 6.50. The van der Waals surface area contributed by atoms with Gasteiger partial charge in [-0.2, -0.15) is 0 Å². The van der Waals surface area contributed by atoms with Crippen LogP contribution in [0.1, 0.15) is 5.56 Å². The molecule has 0 amide bonds. The van der Waals surface area contributed by atoms with Crippen molar-refractivity contribution >= 4 is 17.3 Å². The smallest absolute Gasteiger partial charge is 0.0801 e. The van der Waals surface area contributed by atoms with Gasteiger partial charge in [0.25, 0.3) is 0 Å². The predicted molar refractivity (Wildman–Crippen MR) is 74.5 cm³/mol.